The first kappa shape index (κ1) is 30.3. The van der Waals surface area contributed by atoms with Crippen LogP contribution in [0, 0.1) is 0 Å². The van der Waals surface area contributed by atoms with Crippen LogP contribution in [0.2, 0.25) is 0 Å². The van der Waals surface area contributed by atoms with Crippen LogP contribution >= 0.6 is 0 Å². The summed E-state index contributed by atoms with van der Waals surface area (Å²) in [6, 6.07) is 42.9. The Bertz CT molecular complexity index is 2740. The van der Waals surface area contributed by atoms with E-state index in [0.29, 0.717) is 0 Å². The predicted octanol–water partition coefficient (Wildman–Crippen LogP) is 13.3. The van der Waals surface area contributed by atoms with Gasteiger partial charge in [0.25, 0.3) is 0 Å². The van der Waals surface area contributed by atoms with Gasteiger partial charge in [0.2, 0.25) is 0 Å². The van der Waals surface area contributed by atoms with Crippen LogP contribution in [0.1, 0.15) is 37.7 Å². The molecule has 1 unspecified atom stereocenters. The highest BCUT2D eigenvalue weighted by molar-refractivity contribution is 6.25. The Morgan fingerprint density at radius 1 is 0.566 bits per heavy atom. The van der Waals surface area contributed by atoms with Crippen molar-refractivity contribution >= 4 is 61.2 Å². The summed E-state index contributed by atoms with van der Waals surface area (Å²) < 4.78 is 5.17. The van der Waals surface area contributed by atoms with Gasteiger partial charge in [-0.2, -0.15) is 0 Å². The summed E-state index contributed by atoms with van der Waals surface area (Å²) in [5, 5.41) is 2.65. The molecule has 254 valence electrons. The molecule has 11 rings (SSSR count). The first-order valence-corrected chi connectivity index (χ1v) is 19.1. The summed E-state index contributed by atoms with van der Waals surface area (Å²) in [5.41, 5.74) is 18.0. The van der Waals surface area contributed by atoms with E-state index >= 15 is 0 Å². The maximum atomic E-state index is 2.64. The van der Waals surface area contributed by atoms with E-state index in [0.717, 1.165) is 32.1 Å². The Kier molecular flexibility index (Phi) is 6.94. The van der Waals surface area contributed by atoms with Crippen molar-refractivity contribution in [1.29, 1.82) is 0 Å². The maximum absolute atomic E-state index is 2.64. The standard InChI is InChI=1S/C50H39N3/c1-5-17-34(18-6-1)36-31-37(35-19-7-2-8-20-35)33-40(32-36)51-43-27-15-13-25-41(43)47-45(51)29-30-46-48(47)50-49(53(46)39-23-11-4-12-24-39)42-26-14-16-28-44(42)52(50)38-21-9-3-10-22-38/h1-3,5-9,11,13-21,23-26,28-33,43H,4,10,12,22,27H2. The number of aromatic nitrogens is 2. The van der Waals surface area contributed by atoms with Crippen molar-refractivity contribution in [1.82, 2.24) is 9.13 Å². The molecule has 1 atom stereocenters. The number of allylic oxidation sites excluding steroid dienone is 10. The zero-order valence-corrected chi connectivity index (χ0v) is 29.6. The van der Waals surface area contributed by atoms with Gasteiger partial charge >= 0.3 is 0 Å². The third kappa shape index (κ3) is 4.67. The highest BCUT2D eigenvalue weighted by Gasteiger charge is 2.39. The number of nitrogens with zero attached hydrogens (tertiary/aromatic N) is 3. The number of hydrogen-bond donors (Lipinski definition) is 0. The van der Waals surface area contributed by atoms with Crippen molar-refractivity contribution in [3.05, 3.63) is 176 Å². The van der Waals surface area contributed by atoms with Gasteiger partial charge in [-0.25, -0.2) is 0 Å². The van der Waals surface area contributed by atoms with Crippen molar-refractivity contribution in [2.75, 3.05) is 4.90 Å². The first-order valence-electron chi connectivity index (χ1n) is 19.1. The monoisotopic (exact) mass is 681 g/mol. The third-order valence-electron chi connectivity index (χ3n) is 11.6. The normalized spacial score (nSPS) is 17.7. The number of para-hydroxylation sites is 1. The average Bonchev–Trinajstić information content (AvgIpc) is 3.87. The highest BCUT2D eigenvalue weighted by Crippen LogP contribution is 2.54. The lowest BCUT2D eigenvalue weighted by atomic mass is 9.93. The molecule has 0 N–H and O–H groups in total. The molecular weight excluding hydrogens is 643 g/mol. The van der Waals surface area contributed by atoms with Gasteiger partial charge in [0.05, 0.1) is 33.8 Å². The van der Waals surface area contributed by atoms with Gasteiger partial charge in [0, 0.05) is 33.4 Å². The topological polar surface area (TPSA) is 13.1 Å². The van der Waals surface area contributed by atoms with E-state index in [1.165, 1.54) is 89.0 Å². The second-order valence-electron chi connectivity index (χ2n) is 14.6. The van der Waals surface area contributed by atoms with E-state index in [4.69, 9.17) is 0 Å². The minimum Gasteiger partial charge on any atom is -0.333 e. The summed E-state index contributed by atoms with van der Waals surface area (Å²) in [5.74, 6) is 0. The van der Waals surface area contributed by atoms with E-state index in [1.807, 2.05) is 0 Å². The van der Waals surface area contributed by atoms with Crippen molar-refractivity contribution < 1.29 is 0 Å². The number of fused-ring (bicyclic) bond motifs is 9. The molecule has 1 aliphatic heterocycles. The number of anilines is 2. The molecule has 3 heterocycles. The quantitative estimate of drug-likeness (QED) is 0.176. The molecule has 7 aromatic rings. The average molecular weight is 682 g/mol. The molecule has 4 aliphatic rings. The second-order valence-corrected chi connectivity index (χ2v) is 14.6. The fraction of sp³-hybridized carbons (Fsp3) is 0.120. The molecule has 0 spiro atoms. The Morgan fingerprint density at radius 2 is 1.32 bits per heavy atom. The van der Waals surface area contributed by atoms with Crippen molar-refractivity contribution in [2.24, 2.45) is 0 Å². The molecular formula is C50H39N3. The molecule has 0 radical (unpaired) electrons. The largest absolute Gasteiger partial charge is 0.333 e. The molecule has 3 heteroatoms. The van der Waals surface area contributed by atoms with Crippen molar-refractivity contribution in [3.63, 3.8) is 0 Å². The van der Waals surface area contributed by atoms with Gasteiger partial charge in [-0.1, -0.05) is 121 Å². The van der Waals surface area contributed by atoms with Gasteiger partial charge in [-0.05, 0) is 108 Å². The van der Waals surface area contributed by atoms with E-state index in [-0.39, 0.29) is 6.04 Å². The molecule has 0 saturated carbocycles. The zero-order chi connectivity index (χ0) is 34.9. The lowest BCUT2D eigenvalue weighted by Crippen LogP contribution is -2.27. The van der Waals surface area contributed by atoms with Crippen LogP contribution in [0.15, 0.2) is 170 Å². The van der Waals surface area contributed by atoms with E-state index in [9.17, 15) is 0 Å². The van der Waals surface area contributed by atoms with Gasteiger partial charge in [-0.15, -0.1) is 0 Å². The van der Waals surface area contributed by atoms with E-state index < -0.39 is 0 Å². The van der Waals surface area contributed by atoms with E-state index in [1.54, 1.807) is 0 Å². The lowest BCUT2D eigenvalue weighted by molar-refractivity contribution is 0.830. The SMILES string of the molecule is C1=CCCC(n2c3ccccc3c3c2c2c4c(ccc2n3C2=CCCC=C2)N(c2cc(-c3ccccc3)cc(-c3ccccc3)c2)C2CC=CC=C42)=C1. The third-order valence-corrected chi connectivity index (χ3v) is 11.6. The predicted molar refractivity (Wildman–Crippen MR) is 225 cm³/mol. The van der Waals surface area contributed by atoms with Gasteiger partial charge in [-0.3, -0.25) is 0 Å². The lowest BCUT2D eigenvalue weighted by Gasteiger charge is -2.29. The Balaban J connectivity index is 1.25. The van der Waals surface area contributed by atoms with Crippen molar-refractivity contribution in [2.45, 2.75) is 38.1 Å². The number of hydrogen-bond acceptors (Lipinski definition) is 1. The smallest absolute Gasteiger partial charge is 0.0808 e. The highest BCUT2D eigenvalue weighted by atomic mass is 15.2. The number of rotatable bonds is 5. The maximum Gasteiger partial charge on any atom is 0.0808 e. The Morgan fingerprint density at radius 3 is 2.06 bits per heavy atom. The molecule has 3 nitrogen and oxygen atoms in total. The van der Waals surface area contributed by atoms with Crippen LogP contribution < -0.4 is 4.90 Å². The fourth-order valence-corrected chi connectivity index (χ4v) is 9.35. The van der Waals surface area contributed by atoms with Crippen LogP contribution in [0.25, 0.3) is 72.1 Å². The van der Waals surface area contributed by atoms with Gasteiger partial charge < -0.3 is 14.0 Å². The summed E-state index contributed by atoms with van der Waals surface area (Å²) in [6.45, 7) is 0. The Labute approximate surface area is 310 Å². The molecule has 3 aliphatic carbocycles. The minimum atomic E-state index is 0.192. The molecule has 0 saturated heterocycles. The molecule has 5 aromatic carbocycles. The van der Waals surface area contributed by atoms with Gasteiger partial charge in [0.1, 0.15) is 0 Å². The van der Waals surface area contributed by atoms with Crippen LogP contribution in [-0.4, -0.2) is 15.2 Å². The molecule has 2 aromatic heterocycles. The van der Waals surface area contributed by atoms with Crippen LogP contribution in [0.3, 0.4) is 0 Å². The zero-order valence-electron chi connectivity index (χ0n) is 29.6. The molecule has 0 amide bonds. The van der Waals surface area contributed by atoms with Crippen LogP contribution in [0.5, 0.6) is 0 Å². The molecule has 0 fully saturated rings. The summed E-state index contributed by atoms with van der Waals surface area (Å²) in [7, 11) is 0. The number of benzene rings is 5. The van der Waals surface area contributed by atoms with Crippen LogP contribution in [-0.2, 0) is 0 Å². The summed E-state index contributed by atoms with van der Waals surface area (Å²) in [6.07, 6.45) is 26.2. The van der Waals surface area contributed by atoms with Gasteiger partial charge in [0.15, 0.2) is 0 Å². The minimum absolute atomic E-state index is 0.192. The first-order chi connectivity index (χ1) is 26.3. The van der Waals surface area contributed by atoms with E-state index in [2.05, 4.69) is 184 Å². The second kappa shape index (κ2) is 12.1. The molecule has 0 bridgehead atoms. The molecule has 53 heavy (non-hydrogen) atoms. The summed E-state index contributed by atoms with van der Waals surface area (Å²) >= 11 is 0. The Hall–Kier alpha value is -6.32. The van der Waals surface area contributed by atoms with Crippen LogP contribution in [0.4, 0.5) is 11.4 Å². The van der Waals surface area contributed by atoms with Crippen molar-refractivity contribution in [3.8, 4) is 22.3 Å². The fourth-order valence-electron chi connectivity index (χ4n) is 9.35. The summed E-state index contributed by atoms with van der Waals surface area (Å²) in [4.78, 5) is 2.64.